The smallest absolute Gasteiger partial charge is 0.0936 e. The van der Waals surface area contributed by atoms with E-state index < -0.39 is 0 Å². The fourth-order valence-corrected chi connectivity index (χ4v) is 1.37. The van der Waals surface area contributed by atoms with Gasteiger partial charge in [-0.3, -0.25) is 4.84 Å². The Labute approximate surface area is 70.1 Å². The van der Waals surface area contributed by atoms with Crippen LogP contribution in [-0.2, 0) is 11.4 Å². The Balaban J connectivity index is 2.57. The summed E-state index contributed by atoms with van der Waals surface area (Å²) in [7, 11) is 0. The summed E-state index contributed by atoms with van der Waals surface area (Å²) in [6.07, 6.45) is 1.91. The highest BCUT2D eigenvalue weighted by molar-refractivity contribution is 5.82. The number of benzene rings is 1. The first kappa shape index (κ1) is 7.34. The second-order valence-electron chi connectivity index (χ2n) is 2.67. The van der Waals surface area contributed by atoms with E-state index in [0.717, 1.165) is 11.1 Å². The van der Waals surface area contributed by atoms with E-state index in [2.05, 4.69) is 9.82 Å². The topological polar surface area (TPSA) is 51.0 Å². The minimum Gasteiger partial charge on any atom is -0.361 e. The molecular weight excluding hydrogens is 152 g/mol. The van der Waals surface area contributed by atoms with Crippen LogP contribution in [0.15, 0.2) is 30.5 Å². The highest BCUT2D eigenvalue weighted by atomic mass is 16.6. The molecular formula is C9H10N2O. The van der Waals surface area contributed by atoms with Crippen LogP contribution in [0, 0.1) is 0 Å². The first-order chi connectivity index (χ1) is 5.92. The summed E-state index contributed by atoms with van der Waals surface area (Å²) in [6.45, 7) is 0.454. The lowest BCUT2D eigenvalue weighted by molar-refractivity contribution is 0.125. The Bertz CT molecular complexity index is 381. The molecule has 0 saturated carbocycles. The summed E-state index contributed by atoms with van der Waals surface area (Å²) < 4.78 is 0. The minimum atomic E-state index is 0.454. The predicted octanol–water partition coefficient (Wildman–Crippen LogP) is 1.56. The van der Waals surface area contributed by atoms with Crippen molar-refractivity contribution in [3.8, 4) is 0 Å². The summed E-state index contributed by atoms with van der Waals surface area (Å²) in [4.78, 5) is 7.71. The summed E-state index contributed by atoms with van der Waals surface area (Å²) in [6, 6.07) is 8.02. The van der Waals surface area contributed by atoms with Crippen molar-refractivity contribution in [2.75, 3.05) is 0 Å². The maximum atomic E-state index is 5.01. The monoisotopic (exact) mass is 162 g/mol. The SMILES string of the molecule is NOCc1cccc2[nH]ccc12. The lowest BCUT2D eigenvalue weighted by atomic mass is 10.1. The molecule has 1 heterocycles. The van der Waals surface area contributed by atoms with Gasteiger partial charge in [-0.05, 0) is 17.7 Å². The summed E-state index contributed by atoms with van der Waals surface area (Å²) in [5.41, 5.74) is 2.22. The van der Waals surface area contributed by atoms with Crippen molar-refractivity contribution >= 4 is 10.9 Å². The van der Waals surface area contributed by atoms with Crippen molar-refractivity contribution < 1.29 is 4.84 Å². The molecule has 3 heteroatoms. The quantitative estimate of drug-likeness (QED) is 0.658. The molecule has 0 saturated heterocycles. The van der Waals surface area contributed by atoms with Crippen molar-refractivity contribution in [3.05, 3.63) is 36.0 Å². The molecule has 0 spiro atoms. The Morgan fingerprint density at radius 2 is 2.25 bits per heavy atom. The summed E-state index contributed by atoms with van der Waals surface area (Å²) >= 11 is 0. The molecule has 2 rings (SSSR count). The number of aromatic nitrogens is 1. The van der Waals surface area contributed by atoms with Gasteiger partial charge in [-0.2, -0.15) is 0 Å². The number of hydrogen-bond donors (Lipinski definition) is 2. The van der Waals surface area contributed by atoms with Gasteiger partial charge in [0.2, 0.25) is 0 Å². The number of fused-ring (bicyclic) bond motifs is 1. The third kappa shape index (κ3) is 1.09. The highest BCUT2D eigenvalue weighted by Crippen LogP contribution is 2.17. The third-order valence-corrected chi connectivity index (χ3v) is 1.92. The Morgan fingerprint density at radius 3 is 3.08 bits per heavy atom. The van der Waals surface area contributed by atoms with Gasteiger partial charge in [0.1, 0.15) is 0 Å². The molecule has 0 aliphatic carbocycles. The van der Waals surface area contributed by atoms with Crippen LogP contribution in [0.25, 0.3) is 10.9 Å². The molecule has 12 heavy (non-hydrogen) atoms. The molecule has 3 nitrogen and oxygen atoms in total. The molecule has 1 aromatic carbocycles. The van der Waals surface area contributed by atoms with E-state index in [4.69, 9.17) is 5.90 Å². The van der Waals surface area contributed by atoms with E-state index in [0.29, 0.717) is 6.61 Å². The lowest BCUT2D eigenvalue weighted by Crippen LogP contribution is -1.98. The molecule has 0 radical (unpaired) electrons. The van der Waals surface area contributed by atoms with Crippen LogP contribution in [0.1, 0.15) is 5.56 Å². The number of nitrogens with two attached hydrogens (primary N) is 1. The van der Waals surface area contributed by atoms with Crippen LogP contribution < -0.4 is 5.90 Å². The Hall–Kier alpha value is -1.32. The van der Waals surface area contributed by atoms with Gasteiger partial charge in [0.05, 0.1) is 6.61 Å². The van der Waals surface area contributed by atoms with Gasteiger partial charge in [-0.15, -0.1) is 0 Å². The summed E-state index contributed by atoms with van der Waals surface area (Å²) in [5.74, 6) is 5.01. The fraction of sp³-hybridized carbons (Fsp3) is 0.111. The van der Waals surface area contributed by atoms with Crippen molar-refractivity contribution in [1.82, 2.24) is 4.98 Å². The van der Waals surface area contributed by atoms with Gasteiger partial charge >= 0.3 is 0 Å². The van der Waals surface area contributed by atoms with Crippen molar-refractivity contribution in [3.63, 3.8) is 0 Å². The van der Waals surface area contributed by atoms with Crippen LogP contribution in [0.4, 0.5) is 0 Å². The van der Waals surface area contributed by atoms with E-state index in [-0.39, 0.29) is 0 Å². The number of H-pyrrole nitrogens is 1. The van der Waals surface area contributed by atoms with Gasteiger partial charge in [0.15, 0.2) is 0 Å². The Kier molecular flexibility index (Phi) is 1.81. The fourth-order valence-electron chi connectivity index (χ4n) is 1.37. The van der Waals surface area contributed by atoms with Crippen LogP contribution in [0.3, 0.4) is 0 Å². The first-order valence-electron chi connectivity index (χ1n) is 3.78. The highest BCUT2D eigenvalue weighted by Gasteiger charge is 1.99. The maximum absolute atomic E-state index is 5.01. The molecule has 0 unspecified atom stereocenters. The van der Waals surface area contributed by atoms with Crippen LogP contribution >= 0.6 is 0 Å². The van der Waals surface area contributed by atoms with E-state index in [1.807, 2.05) is 30.5 Å². The zero-order chi connectivity index (χ0) is 8.39. The van der Waals surface area contributed by atoms with Crippen LogP contribution in [0.2, 0.25) is 0 Å². The molecule has 0 aliphatic rings. The van der Waals surface area contributed by atoms with Gasteiger partial charge in [-0.1, -0.05) is 12.1 Å². The lowest BCUT2D eigenvalue weighted by Gasteiger charge is -1.99. The number of nitrogens with one attached hydrogen (secondary N) is 1. The van der Waals surface area contributed by atoms with E-state index in [1.165, 1.54) is 5.39 Å². The minimum absolute atomic E-state index is 0.454. The van der Waals surface area contributed by atoms with E-state index in [1.54, 1.807) is 0 Å². The average Bonchev–Trinajstić information content (AvgIpc) is 2.53. The number of rotatable bonds is 2. The third-order valence-electron chi connectivity index (χ3n) is 1.92. The normalized spacial score (nSPS) is 10.8. The average molecular weight is 162 g/mol. The molecule has 0 bridgehead atoms. The molecule has 3 N–H and O–H groups in total. The largest absolute Gasteiger partial charge is 0.361 e. The van der Waals surface area contributed by atoms with E-state index >= 15 is 0 Å². The van der Waals surface area contributed by atoms with Gasteiger partial charge < -0.3 is 4.98 Å². The molecule has 1 aromatic heterocycles. The maximum Gasteiger partial charge on any atom is 0.0936 e. The van der Waals surface area contributed by atoms with Crippen molar-refractivity contribution in [1.29, 1.82) is 0 Å². The zero-order valence-corrected chi connectivity index (χ0v) is 6.58. The molecule has 0 fully saturated rings. The zero-order valence-electron chi connectivity index (χ0n) is 6.58. The van der Waals surface area contributed by atoms with Crippen molar-refractivity contribution in [2.24, 2.45) is 5.90 Å². The number of hydrogen-bond acceptors (Lipinski definition) is 2. The van der Waals surface area contributed by atoms with Crippen LogP contribution in [0.5, 0.6) is 0 Å². The molecule has 62 valence electrons. The van der Waals surface area contributed by atoms with Crippen molar-refractivity contribution in [2.45, 2.75) is 6.61 Å². The number of aromatic amines is 1. The Morgan fingerprint density at radius 1 is 1.33 bits per heavy atom. The van der Waals surface area contributed by atoms with Gasteiger partial charge in [0, 0.05) is 17.1 Å². The molecule has 0 aliphatic heterocycles. The van der Waals surface area contributed by atoms with Gasteiger partial charge in [0.25, 0.3) is 0 Å². The first-order valence-corrected chi connectivity index (χ1v) is 3.78. The second-order valence-corrected chi connectivity index (χ2v) is 2.67. The second kappa shape index (κ2) is 2.97. The molecule has 0 atom stereocenters. The van der Waals surface area contributed by atoms with E-state index in [9.17, 15) is 0 Å². The summed E-state index contributed by atoms with van der Waals surface area (Å²) in [5, 5.41) is 1.17. The predicted molar refractivity (Wildman–Crippen MR) is 47.3 cm³/mol. The van der Waals surface area contributed by atoms with Crippen LogP contribution in [-0.4, -0.2) is 4.98 Å². The standard InChI is InChI=1S/C9H10N2O/c10-12-6-7-2-1-3-9-8(7)4-5-11-9/h1-5,11H,6,10H2. The van der Waals surface area contributed by atoms with Gasteiger partial charge in [-0.25, -0.2) is 5.90 Å². The molecule has 2 aromatic rings. The molecule has 0 amide bonds.